The molecule has 0 bridgehead atoms. The molecule has 2 N–H and O–H groups in total. The first kappa shape index (κ1) is 29.3. The van der Waals surface area contributed by atoms with Crippen molar-refractivity contribution in [1.29, 1.82) is 0 Å². The van der Waals surface area contributed by atoms with Gasteiger partial charge in [0.05, 0.1) is 0 Å². The summed E-state index contributed by atoms with van der Waals surface area (Å²) in [7, 11) is 0. The number of nitrogens with one attached hydrogen (secondary N) is 1. The van der Waals surface area contributed by atoms with Gasteiger partial charge in [-0.15, -0.1) is 0 Å². The van der Waals surface area contributed by atoms with E-state index in [9.17, 15) is 14.7 Å². The number of hydrogen-bond donors (Lipinski definition) is 2. The Bertz CT molecular complexity index is 1550. The van der Waals surface area contributed by atoms with E-state index in [0.29, 0.717) is 11.7 Å². The molecule has 4 aromatic rings. The van der Waals surface area contributed by atoms with Crippen molar-refractivity contribution in [2.24, 2.45) is 5.92 Å². The zero-order valence-corrected chi connectivity index (χ0v) is 24.9. The van der Waals surface area contributed by atoms with Crippen LogP contribution in [0.1, 0.15) is 86.6 Å². The van der Waals surface area contributed by atoms with E-state index in [2.05, 4.69) is 38.2 Å². The molecule has 0 saturated heterocycles. The third-order valence-electron chi connectivity index (χ3n) is 8.41. The van der Waals surface area contributed by atoms with E-state index < -0.39 is 23.8 Å². The van der Waals surface area contributed by atoms with Gasteiger partial charge in [-0.3, -0.25) is 4.79 Å². The van der Waals surface area contributed by atoms with Crippen molar-refractivity contribution in [2.75, 3.05) is 0 Å². The number of aliphatic carboxylic acids is 1. The molecule has 0 radical (unpaired) electrons. The van der Waals surface area contributed by atoms with Gasteiger partial charge in [-0.25, -0.2) is 9.78 Å². The van der Waals surface area contributed by atoms with Crippen LogP contribution >= 0.6 is 0 Å². The summed E-state index contributed by atoms with van der Waals surface area (Å²) in [5.74, 6) is 0.000792. The number of pyridine rings is 1. The fourth-order valence-corrected chi connectivity index (χ4v) is 5.84. The molecule has 2 unspecified atom stereocenters. The Morgan fingerprint density at radius 3 is 2.26 bits per heavy atom. The SMILES string of the molecule is CC(c1ccccc1)C(NC(=O)c1cc2ccc(Oc3ccc(C(C)(C)C)cc3)cc2c(CC2CCCC2)n1)C(=O)O. The molecule has 3 aromatic carbocycles. The smallest absolute Gasteiger partial charge is 0.326 e. The molecule has 42 heavy (non-hydrogen) atoms. The number of carboxylic acid groups (broad SMARTS) is 1. The lowest BCUT2D eigenvalue weighted by molar-refractivity contribution is -0.139. The molecule has 1 aromatic heterocycles. The van der Waals surface area contributed by atoms with Gasteiger partial charge in [0.15, 0.2) is 0 Å². The monoisotopic (exact) mass is 564 g/mol. The Morgan fingerprint density at radius 1 is 0.952 bits per heavy atom. The first-order valence-electron chi connectivity index (χ1n) is 14.9. The zero-order valence-electron chi connectivity index (χ0n) is 24.9. The Labute approximate surface area is 248 Å². The van der Waals surface area contributed by atoms with Gasteiger partial charge in [-0.2, -0.15) is 0 Å². The van der Waals surface area contributed by atoms with Crippen molar-refractivity contribution in [3.05, 3.63) is 101 Å². The number of fused-ring (bicyclic) bond motifs is 1. The van der Waals surface area contributed by atoms with Crippen LogP contribution in [-0.2, 0) is 16.6 Å². The minimum absolute atomic E-state index is 0.0658. The van der Waals surface area contributed by atoms with Crippen LogP contribution in [0.25, 0.3) is 10.8 Å². The fourth-order valence-electron chi connectivity index (χ4n) is 5.84. The van der Waals surface area contributed by atoms with Gasteiger partial charge in [-0.05, 0) is 64.6 Å². The van der Waals surface area contributed by atoms with Crippen LogP contribution in [0.2, 0.25) is 0 Å². The highest BCUT2D eigenvalue weighted by Gasteiger charge is 2.29. The van der Waals surface area contributed by atoms with Crippen LogP contribution in [0.3, 0.4) is 0 Å². The number of nitrogens with zero attached hydrogens (tertiary/aromatic N) is 1. The summed E-state index contributed by atoms with van der Waals surface area (Å²) in [5, 5.41) is 14.6. The van der Waals surface area contributed by atoms with Crippen LogP contribution in [0, 0.1) is 5.92 Å². The predicted molar refractivity (Wildman–Crippen MR) is 166 cm³/mol. The van der Waals surface area contributed by atoms with E-state index in [1.807, 2.05) is 67.6 Å². The van der Waals surface area contributed by atoms with Gasteiger partial charge >= 0.3 is 5.97 Å². The summed E-state index contributed by atoms with van der Waals surface area (Å²) in [4.78, 5) is 30.5. The second-order valence-corrected chi connectivity index (χ2v) is 12.6. The second-order valence-electron chi connectivity index (χ2n) is 12.6. The van der Waals surface area contributed by atoms with Gasteiger partial charge in [0.2, 0.25) is 0 Å². The highest BCUT2D eigenvalue weighted by atomic mass is 16.5. The van der Waals surface area contributed by atoms with Gasteiger partial charge in [0.1, 0.15) is 23.2 Å². The van der Waals surface area contributed by atoms with Crippen LogP contribution in [0.4, 0.5) is 0 Å². The van der Waals surface area contributed by atoms with Gasteiger partial charge in [0, 0.05) is 17.0 Å². The van der Waals surface area contributed by atoms with Crippen molar-refractivity contribution < 1.29 is 19.4 Å². The van der Waals surface area contributed by atoms with Gasteiger partial charge < -0.3 is 15.2 Å². The largest absolute Gasteiger partial charge is 0.480 e. The lowest BCUT2D eigenvalue weighted by Gasteiger charge is -2.22. The number of carbonyl (C=O) groups excluding carboxylic acids is 1. The topological polar surface area (TPSA) is 88.5 Å². The van der Waals surface area contributed by atoms with E-state index in [1.54, 1.807) is 6.07 Å². The van der Waals surface area contributed by atoms with Crippen LogP contribution in [0.5, 0.6) is 11.5 Å². The third kappa shape index (κ3) is 6.81. The maximum atomic E-state index is 13.5. The highest BCUT2D eigenvalue weighted by molar-refractivity contribution is 5.99. The Hall–Kier alpha value is -4.19. The summed E-state index contributed by atoms with van der Waals surface area (Å²) in [5.41, 5.74) is 3.23. The molecule has 6 nitrogen and oxygen atoms in total. The number of benzene rings is 3. The number of amides is 1. The number of hydrogen-bond acceptors (Lipinski definition) is 4. The highest BCUT2D eigenvalue weighted by Crippen LogP contribution is 2.33. The molecule has 1 aliphatic carbocycles. The lowest BCUT2D eigenvalue weighted by atomic mass is 9.87. The third-order valence-corrected chi connectivity index (χ3v) is 8.41. The molecule has 1 heterocycles. The number of ether oxygens (including phenoxy) is 1. The molecule has 2 atom stereocenters. The quantitative estimate of drug-likeness (QED) is 0.215. The molecule has 1 saturated carbocycles. The lowest BCUT2D eigenvalue weighted by Crippen LogP contribution is -2.44. The average molecular weight is 565 g/mol. The molecule has 1 aliphatic rings. The van der Waals surface area contributed by atoms with Crippen molar-refractivity contribution in [3.63, 3.8) is 0 Å². The van der Waals surface area contributed by atoms with E-state index >= 15 is 0 Å². The molecule has 5 rings (SSSR count). The Balaban J connectivity index is 1.44. The summed E-state index contributed by atoms with van der Waals surface area (Å²) in [6, 6.07) is 24.1. The van der Waals surface area contributed by atoms with E-state index in [0.717, 1.165) is 47.0 Å². The molecular weight excluding hydrogens is 524 g/mol. The molecule has 218 valence electrons. The second kappa shape index (κ2) is 12.4. The van der Waals surface area contributed by atoms with E-state index in [1.165, 1.54) is 18.4 Å². The molecule has 1 amide bonds. The molecule has 0 aliphatic heterocycles. The minimum atomic E-state index is -1.09. The fraction of sp³-hybridized carbons (Fsp3) is 0.361. The van der Waals surface area contributed by atoms with Crippen molar-refractivity contribution >= 4 is 22.6 Å². The van der Waals surface area contributed by atoms with Crippen LogP contribution in [0.15, 0.2) is 78.9 Å². The standard InChI is InChI=1S/C36H40N2O4/c1-23(25-12-6-5-7-13-25)33(35(40)41)38-34(39)32-21-26-14-17-29(42-28-18-15-27(16-19-28)36(2,3)4)22-30(26)31(37-32)20-24-10-8-9-11-24/h5-7,12-19,21-24,33H,8-11,20H2,1-4H3,(H,38,39)(H,40,41). The molecular formula is C36H40N2O4. The van der Waals surface area contributed by atoms with E-state index in [-0.39, 0.29) is 11.1 Å². The van der Waals surface area contributed by atoms with Crippen LogP contribution in [-0.4, -0.2) is 28.0 Å². The number of carboxylic acids is 1. The first-order chi connectivity index (χ1) is 20.1. The van der Waals surface area contributed by atoms with Gasteiger partial charge in [0.25, 0.3) is 5.91 Å². The first-order valence-corrected chi connectivity index (χ1v) is 14.9. The summed E-state index contributed by atoms with van der Waals surface area (Å²) >= 11 is 0. The molecule has 0 spiro atoms. The summed E-state index contributed by atoms with van der Waals surface area (Å²) < 4.78 is 6.23. The number of carbonyl (C=O) groups is 2. The van der Waals surface area contributed by atoms with Crippen molar-refractivity contribution in [1.82, 2.24) is 10.3 Å². The Kier molecular flexibility index (Phi) is 8.62. The van der Waals surface area contributed by atoms with Crippen molar-refractivity contribution in [2.45, 2.75) is 77.2 Å². The van der Waals surface area contributed by atoms with Gasteiger partial charge in [-0.1, -0.05) is 102 Å². The predicted octanol–water partition coefficient (Wildman–Crippen LogP) is 8.04. The zero-order chi connectivity index (χ0) is 29.9. The summed E-state index contributed by atoms with van der Waals surface area (Å²) in [6.07, 6.45) is 5.47. The number of aromatic nitrogens is 1. The van der Waals surface area contributed by atoms with E-state index in [4.69, 9.17) is 9.72 Å². The normalized spacial score (nSPS) is 15.3. The molecule has 6 heteroatoms. The Morgan fingerprint density at radius 2 is 1.62 bits per heavy atom. The number of rotatable bonds is 9. The van der Waals surface area contributed by atoms with Crippen LogP contribution < -0.4 is 10.1 Å². The summed E-state index contributed by atoms with van der Waals surface area (Å²) in [6.45, 7) is 8.37. The molecule has 1 fully saturated rings. The minimum Gasteiger partial charge on any atom is -0.480 e. The maximum Gasteiger partial charge on any atom is 0.326 e. The van der Waals surface area contributed by atoms with Crippen molar-refractivity contribution in [3.8, 4) is 11.5 Å². The average Bonchev–Trinajstić information content (AvgIpc) is 3.49. The maximum absolute atomic E-state index is 13.5.